The number of carbonyl (C=O) groups is 1. The van der Waals surface area contributed by atoms with Crippen molar-refractivity contribution in [3.8, 4) is 0 Å². The number of amides is 2. The van der Waals surface area contributed by atoms with Gasteiger partial charge in [0, 0.05) is 39.3 Å². The molecule has 20 heavy (non-hydrogen) atoms. The highest BCUT2D eigenvalue weighted by Gasteiger charge is 2.27. The van der Waals surface area contributed by atoms with Crippen molar-refractivity contribution in [2.45, 2.75) is 19.8 Å². The lowest BCUT2D eigenvalue weighted by molar-refractivity contribution is 0.104. The summed E-state index contributed by atoms with van der Waals surface area (Å²) in [6.45, 7) is 7.38. The highest BCUT2D eigenvalue weighted by Crippen LogP contribution is 2.17. The Labute approximate surface area is 120 Å². The van der Waals surface area contributed by atoms with Gasteiger partial charge in [0.2, 0.25) is 0 Å². The third-order valence-corrected chi connectivity index (χ3v) is 4.08. The van der Waals surface area contributed by atoms with Gasteiger partial charge in [0.05, 0.1) is 6.54 Å². The Morgan fingerprint density at radius 2 is 1.95 bits per heavy atom. The molecule has 3 N–H and O–H groups in total. The molecule has 2 aliphatic heterocycles. The van der Waals surface area contributed by atoms with Crippen molar-refractivity contribution in [1.29, 1.82) is 0 Å². The van der Waals surface area contributed by atoms with E-state index in [0.29, 0.717) is 25.6 Å². The molecule has 0 aromatic rings. The van der Waals surface area contributed by atoms with E-state index in [1.807, 2.05) is 9.80 Å². The zero-order chi connectivity index (χ0) is 14.5. The molecule has 114 valence electrons. The smallest absolute Gasteiger partial charge is 0.320 e. The van der Waals surface area contributed by atoms with Crippen molar-refractivity contribution in [2.75, 3.05) is 45.8 Å². The van der Waals surface area contributed by atoms with E-state index in [9.17, 15) is 4.79 Å². The van der Waals surface area contributed by atoms with Crippen LogP contribution in [0.4, 0.5) is 4.79 Å². The van der Waals surface area contributed by atoms with Gasteiger partial charge in [-0.15, -0.1) is 0 Å². The molecular formula is C13H25N5O2. The van der Waals surface area contributed by atoms with E-state index in [1.54, 1.807) is 0 Å². The van der Waals surface area contributed by atoms with E-state index >= 15 is 0 Å². The van der Waals surface area contributed by atoms with Crippen LogP contribution >= 0.6 is 0 Å². The van der Waals surface area contributed by atoms with Crippen LogP contribution < -0.4 is 5.73 Å². The lowest BCUT2D eigenvalue weighted by atomic mass is 10.0. The number of amidine groups is 1. The first-order chi connectivity index (χ1) is 9.60. The maximum atomic E-state index is 12.4. The van der Waals surface area contributed by atoms with Crippen LogP contribution in [0.3, 0.4) is 0 Å². The number of hydrogen-bond acceptors (Lipinski definition) is 4. The molecule has 7 heteroatoms. The second-order valence-electron chi connectivity index (χ2n) is 5.83. The number of nitrogens with two attached hydrogens (primary N) is 1. The fourth-order valence-corrected chi connectivity index (χ4v) is 2.92. The minimum absolute atomic E-state index is 0.167. The summed E-state index contributed by atoms with van der Waals surface area (Å²) in [5, 5.41) is 11.5. The second-order valence-corrected chi connectivity index (χ2v) is 5.83. The van der Waals surface area contributed by atoms with Crippen LogP contribution in [-0.4, -0.2) is 77.6 Å². The molecule has 2 saturated heterocycles. The van der Waals surface area contributed by atoms with E-state index in [0.717, 1.165) is 32.6 Å². The summed E-state index contributed by atoms with van der Waals surface area (Å²) in [4.78, 5) is 18.4. The number of likely N-dealkylation sites (tertiary alicyclic amines) is 1. The first kappa shape index (κ1) is 14.9. The van der Waals surface area contributed by atoms with Crippen LogP contribution in [0, 0.1) is 5.92 Å². The highest BCUT2D eigenvalue weighted by molar-refractivity contribution is 5.81. The topological polar surface area (TPSA) is 85.4 Å². The molecule has 1 atom stereocenters. The third-order valence-electron chi connectivity index (χ3n) is 4.08. The molecule has 0 saturated carbocycles. The van der Waals surface area contributed by atoms with Crippen molar-refractivity contribution in [3.05, 3.63) is 0 Å². The van der Waals surface area contributed by atoms with Crippen molar-refractivity contribution < 1.29 is 10.0 Å². The van der Waals surface area contributed by atoms with Crippen LogP contribution in [0.1, 0.15) is 19.8 Å². The van der Waals surface area contributed by atoms with E-state index in [1.165, 1.54) is 6.42 Å². The van der Waals surface area contributed by atoms with E-state index in [2.05, 4.69) is 17.0 Å². The quantitative estimate of drug-likeness (QED) is 0.328. The van der Waals surface area contributed by atoms with Gasteiger partial charge in [-0.25, -0.2) is 4.79 Å². The molecule has 2 heterocycles. The number of urea groups is 1. The molecule has 0 spiro atoms. The minimum Gasteiger partial charge on any atom is -0.409 e. The van der Waals surface area contributed by atoms with Gasteiger partial charge in [-0.3, -0.25) is 4.90 Å². The summed E-state index contributed by atoms with van der Waals surface area (Å²) >= 11 is 0. The van der Waals surface area contributed by atoms with Crippen molar-refractivity contribution in [1.82, 2.24) is 14.7 Å². The predicted molar refractivity (Wildman–Crippen MR) is 76.8 cm³/mol. The van der Waals surface area contributed by atoms with Crippen LogP contribution in [0.25, 0.3) is 0 Å². The molecule has 2 rings (SSSR count). The number of oxime groups is 1. The van der Waals surface area contributed by atoms with Crippen LogP contribution in [0.15, 0.2) is 5.16 Å². The van der Waals surface area contributed by atoms with Gasteiger partial charge >= 0.3 is 6.03 Å². The maximum Gasteiger partial charge on any atom is 0.320 e. The fraction of sp³-hybridized carbons (Fsp3) is 0.846. The molecule has 7 nitrogen and oxygen atoms in total. The van der Waals surface area contributed by atoms with Crippen LogP contribution in [0.2, 0.25) is 0 Å². The van der Waals surface area contributed by atoms with Crippen LogP contribution in [0.5, 0.6) is 0 Å². The zero-order valence-corrected chi connectivity index (χ0v) is 12.2. The lowest BCUT2D eigenvalue weighted by Gasteiger charge is -2.39. The summed E-state index contributed by atoms with van der Waals surface area (Å²) in [7, 11) is 0. The Bertz CT molecular complexity index is 366. The molecular weight excluding hydrogens is 258 g/mol. The number of piperazine rings is 1. The van der Waals surface area contributed by atoms with Crippen LogP contribution in [-0.2, 0) is 0 Å². The fourth-order valence-electron chi connectivity index (χ4n) is 2.92. The third kappa shape index (κ3) is 3.75. The van der Waals surface area contributed by atoms with Crippen molar-refractivity contribution in [2.24, 2.45) is 16.8 Å². The monoisotopic (exact) mass is 283 g/mol. The number of piperidine rings is 1. The number of hydrogen-bond donors (Lipinski definition) is 2. The zero-order valence-electron chi connectivity index (χ0n) is 12.2. The van der Waals surface area contributed by atoms with Crippen molar-refractivity contribution in [3.63, 3.8) is 0 Å². The Hall–Kier alpha value is -1.50. The first-order valence-corrected chi connectivity index (χ1v) is 7.32. The van der Waals surface area contributed by atoms with E-state index < -0.39 is 0 Å². The average Bonchev–Trinajstić information content (AvgIpc) is 2.47. The van der Waals surface area contributed by atoms with Gasteiger partial charge in [-0.05, 0) is 18.8 Å². The largest absolute Gasteiger partial charge is 0.409 e. The summed E-state index contributed by atoms with van der Waals surface area (Å²) in [5.41, 5.74) is 5.50. The molecule has 2 amide bonds. The Kier molecular flexibility index (Phi) is 5.05. The van der Waals surface area contributed by atoms with Gasteiger partial charge < -0.3 is 20.7 Å². The lowest BCUT2D eigenvalue weighted by Crippen LogP contribution is -2.55. The van der Waals surface area contributed by atoms with E-state index in [-0.39, 0.29) is 11.9 Å². The maximum absolute atomic E-state index is 12.4. The molecule has 1 unspecified atom stereocenters. The minimum atomic E-state index is 0.167. The summed E-state index contributed by atoms with van der Waals surface area (Å²) in [6.07, 6.45) is 2.33. The molecule has 2 fully saturated rings. The molecule has 0 aromatic heterocycles. The SMILES string of the molecule is CC1CCCN(C(=O)N2CCN(CC(N)=NO)CC2)C1. The van der Waals surface area contributed by atoms with E-state index in [4.69, 9.17) is 10.9 Å². The van der Waals surface area contributed by atoms with Gasteiger partial charge in [0.15, 0.2) is 5.84 Å². The average molecular weight is 283 g/mol. The second kappa shape index (κ2) is 6.78. The number of rotatable bonds is 2. The summed E-state index contributed by atoms with van der Waals surface area (Å²) < 4.78 is 0. The Morgan fingerprint density at radius 3 is 2.55 bits per heavy atom. The highest BCUT2D eigenvalue weighted by atomic mass is 16.4. The predicted octanol–water partition coefficient (Wildman–Crippen LogP) is 0.202. The number of nitrogens with zero attached hydrogens (tertiary/aromatic N) is 4. The summed E-state index contributed by atoms with van der Waals surface area (Å²) in [5.74, 6) is 0.823. The standard InChI is InChI=1S/C13H25N5O2/c1-11-3-2-4-18(9-11)13(19)17-7-5-16(6-8-17)10-12(14)15-20/h11,20H,2-10H2,1H3,(H2,14,15). The van der Waals surface area contributed by atoms with Crippen molar-refractivity contribution >= 4 is 11.9 Å². The molecule has 0 aliphatic carbocycles. The molecule has 0 bridgehead atoms. The van der Waals surface area contributed by atoms with Gasteiger partial charge in [0.1, 0.15) is 0 Å². The summed E-state index contributed by atoms with van der Waals surface area (Å²) in [6, 6.07) is 0.167. The van der Waals surface area contributed by atoms with Gasteiger partial charge in [-0.2, -0.15) is 0 Å². The molecule has 2 aliphatic rings. The molecule has 0 aromatic carbocycles. The Balaban J connectivity index is 1.79. The Morgan fingerprint density at radius 1 is 1.25 bits per heavy atom. The normalized spacial score (nSPS) is 25.9. The van der Waals surface area contributed by atoms with Gasteiger partial charge in [-0.1, -0.05) is 12.1 Å². The number of carbonyl (C=O) groups excluding carboxylic acids is 1. The molecule has 0 radical (unpaired) electrons. The first-order valence-electron chi connectivity index (χ1n) is 7.32. The van der Waals surface area contributed by atoms with Gasteiger partial charge in [0.25, 0.3) is 0 Å².